The van der Waals surface area contributed by atoms with E-state index >= 15 is 0 Å². The Labute approximate surface area is 126 Å². The molecule has 1 amide bonds. The largest absolute Gasteiger partial charge is 0.361 e. The van der Waals surface area contributed by atoms with Gasteiger partial charge >= 0.3 is 0 Å². The van der Waals surface area contributed by atoms with Gasteiger partial charge in [0.05, 0.1) is 5.69 Å². The Morgan fingerprint density at radius 1 is 1.40 bits per heavy atom. The molecule has 0 unspecified atom stereocenters. The van der Waals surface area contributed by atoms with Crippen molar-refractivity contribution in [1.82, 2.24) is 15.8 Å². The van der Waals surface area contributed by atoms with Crippen LogP contribution in [0.3, 0.4) is 0 Å². The second kappa shape index (κ2) is 8.27. The van der Waals surface area contributed by atoms with Crippen LogP contribution in [0.15, 0.2) is 4.52 Å². The van der Waals surface area contributed by atoms with Gasteiger partial charge in [0.2, 0.25) is 5.91 Å². The highest BCUT2D eigenvalue weighted by molar-refractivity contribution is 5.85. The van der Waals surface area contributed by atoms with Crippen LogP contribution in [-0.4, -0.2) is 24.2 Å². The summed E-state index contributed by atoms with van der Waals surface area (Å²) in [4.78, 5) is 11.8. The molecule has 1 aliphatic rings. The molecular formula is C14H24ClN3O2. The highest BCUT2D eigenvalue weighted by Crippen LogP contribution is 2.17. The van der Waals surface area contributed by atoms with Gasteiger partial charge < -0.3 is 15.2 Å². The van der Waals surface area contributed by atoms with Crippen LogP contribution < -0.4 is 10.6 Å². The molecule has 1 aliphatic heterocycles. The Bertz CT molecular complexity index is 409. The van der Waals surface area contributed by atoms with Crippen LogP contribution in [0.25, 0.3) is 0 Å². The summed E-state index contributed by atoms with van der Waals surface area (Å²) in [6.45, 7) is 6.46. The molecule has 0 saturated carbocycles. The molecule has 0 atom stereocenters. The minimum Gasteiger partial charge on any atom is -0.361 e. The van der Waals surface area contributed by atoms with Gasteiger partial charge in [0.15, 0.2) is 0 Å². The van der Waals surface area contributed by atoms with E-state index in [2.05, 4.69) is 15.8 Å². The molecule has 1 aromatic rings. The smallest absolute Gasteiger partial charge is 0.220 e. The molecule has 114 valence electrons. The predicted molar refractivity (Wildman–Crippen MR) is 79.9 cm³/mol. The van der Waals surface area contributed by atoms with E-state index in [9.17, 15) is 4.79 Å². The lowest BCUT2D eigenvalue weighted by molar-refractivity contribution is -0.121. The van der Waals surface area contributed by atoms with Crippen molar-refractivity contribution >= 4 is 18.3 Å². The van der Waals surface area contributed by atoms with E-state index in [4.69, 9.17) is 4.52 Å². The van der Waals surface area contributed by atoms with Crippen molar-refractivity contribution in [3.63, 3.8) is 0 Å². The molecule has 1 aromatic heterocycles. The van der Waals surface area contributed by atoms with Crippen LogP contribution in [0, 0.1) is 19.8 Å². The Hall–Kier alpha value is -1.07. The van der Waals surface area contributed by atoms with E-state index in [0.717, 1.165) is 36.5 Å². The zero-order valence-corrected chi connectivity index (χ0v) is 13.0. The Morgan fingerprint density at radius 2 is 2.10 bits per heavy atom. The van der Waals surface area contributed by atoms with Gasteiger partial charge in [-0.05, 0) is 52.1 Å². The number of rotatable bonds is 5. The topological polar surface area (TPSA) is 67.2 Å². The molecule has 2 N–H and O–H groups in total. The number of carbonyl (C=O) groups is 1. The maximum atomic E-state index is 11.8. The fourth-order valence-corrected chi connectivity index (χ4v) is 2.54. The number of hydrogen-bond donors (Lipinski definition) is 2. The second-order valence-electron chi connectivity index (χ2n) is 5.31. The molecule has 0 spiro atoms. The maximum absolute atomic E-state index is 11.8. The fourth-order valence-electron chi connectivity index (χ4n) is 2.54. The number of hydrogen-bond acceptors (Lipinski definition) is 4. The molecule has 6 heteroatoms. The third kappa shape index (κ3) is 4.80. The van der Waals surface area contributed by atoms with Gasteiger partial charge in [-0.15, -0.1) is 12.4 Å². The van der Waals surface area contributed by atoms with Crippen LogP contribution >= 0.6 is 12.4 Å². The quantitative estimate of drug-likeness (QED) is 0.874. The third-order valence-electron chi connectivity index (χ3n) is 3.88. The van der Waals surface area contributed by atoms with Crippen molar-refractivity contribution in [1.29, 1.82) is 0 Å². The van der Waals surface area contributed by atoms with Crippen molar-refractivity contribution in [3.8, 4) is 0 Å². The van der Waals surface area contributed by atoms with Gasteiger partial charge in [-0.2, -0.15) is 0 Å². The van der Waals surface area contributed by atoms with Crippen LogP contribution in [-0.2, 0) is 11.3 Å². The molecule has 0 bridgehead atoms. The summed E-state index contributed by atoms with van der Waals surface area (Å²) in [6, 6.07) is 0. The van der Waals surface area contributed by atoms with E-state index in [1.54, 1.807) is 0 Å². The summed E-state index contributed by atoms with van der Waals surface area (Å²) < 4.78 is 5.07. The number of piperidine rings is 1. The van der Waals surface area contributed by atoms with Gasteiger partial charge in [0, 0.05) is 18.5 Å². The SMILES string of the molecule is Cc1noc(C)c1CNC(=O)CCC1CCNCC1.Cl. The van der Waals surface area contributed by atoms with E-state index < -0.39 is 0 Å². The molecule has 0 aliphatic carbocycles. The van der Waals surface area contributed by atoms with Crippen LogP contribution in [0.2, 0.25) is 0 Å². The first kappa shape index (κ1) is 17.0. The highest BCUT2D eigenvalue weighted by Gasteiger charge is 2.15. The summed E-state index contributed by atoms with van der Waals surface area (Å²) in [5.74, 6) is 1.61. The highest BCUT2D eigenvalue weighted by atomic mass is 35.5. The number of carbonyl (C=O) groups excluding carboxylic acids is 1. The van der Waals surface area contributed by atoms with Crippen LogP contribution in [0.5, 0.6) is 0 Å². The molecule has 5 nitrogen and oxygen atoms in total. The lowest BCUT2D eigenvalue weighted by Gasteiger charge is -2.22. The first-order valence-electron chi connectivity index (χ1n) is 7.06. The van der Waals surface area contributed by atoms with E-state index in [0.29, 0.717) is 18.9 Å². The molecule has 2 rings (SSSR count). The van der Waals surface area contributed by atoms with Crippen LogP contribution in [0.1, 0.15) is 42.7 Å². The molecular weight excluding hydrogens is 278 g/mol. The van der Waals surface area contributed by atoms with Gasteiger partial charge in [0.25, 0.3) is 0 Å². The Morgan fingerprint density at radius 3 is 2.70 bits per heavy atom. The fraction of sp³-hybridized carbons (Fsp3) is 0.714. The normalized spacial score (nSPS) is 15.7. The predicted octanol–water partition coefficient (Wildman–Crippen LogP) is 2.11. The van der Waals surface area contributed by atoms with Gasteiger partial charge in [-0.25, -0.2) is 0 Å². The summed E-state index contributed by atoms with van der Waals surface area (Å²) in [5, 5.41) is 10.2. The summed E-state index contributed by atoms with van der Waals surface area (Å²) in [6.07, 6.45) is 4.00. The van der Waals surface area contributed by atoms with Crippen molar-refractivity contribution < 1.29 is 9.32 Å². The second-order valence-corrected chi connectivity index (χ2v) is 5.31. The van der Waals surface area contributed by atoms with Gasteiger partial charge in [-0.1, -0.05) is 5.16 Å². The van der Waals surface area contributed by atoms with E-state index in [-0.39, 0.29) is 18.3 Å². The minimum atomic E-state index is 0. The molecule has 2 heterocycles. The minimum absolute atomic E-state index is 0. The summed E-state index contributed by atoms with van der Waals surface area (Å²) in [5.41, 5.74) is 1.85. The number of aromatic nitrogens is 1. The Balaban J connectivity index is 0.00000200. The average Bonchev–Trinajstić information content (AvgIpc) is 2.75. The molecule has 20 heavy (non-hydrogen) atoms. The van der Waals surface area contributed by atoms with Crippen LogP contribution in [0.4, 0.5) is 0 Å². The molecule has 0 radical (unpaired) electrons. The first-order valence-corrected chi connectivity index (χ1v) is 7.06. The average molecular weight is 302 g/mol. The standard InChI is InChI=1S/C14H23N3O2.ClH/c1-10-13(11(2)19-17-10)9-16-14(18)4-3-12-5-7-15-8-6-12;/h12,15H,3-9H2,1-2H3,(H,16,18);1H. The Kier molecular flexibility index (Phi) is 7.02. The van der Waals surface area contributed by atoms with Crippen molar-refractivity contribution in [2.75, 3.05) is 13.1 Å². The van der Waals surface area contributed by atoms with E-state index in [1.807, 2.05) is 13.8 Å². The monoisotopic (exact) mass is 301 g/mol. The number of halogens is 1. The maximum Gasteiger partial charge on any atom is 0.220 e. The summed E-state index contributed by atoms with van der Waals surface area (Å²) >= 11 is 0. The number of aryl methyl sites for hydroxylation is 2. The van der Waals surface area contributed by atoms with Crippen molar-refractivity contribution in [2.24, 2.45) is 5.92 Å². The lowest BCUT2D eigenvalue weighted by atomic mass is 9.93. The molecule has 0 aromatic carbocycles. The molecule has 1 saturated heterocycles. The van der Waals surface area contributed by atoms with Crippen molar-refractivity contribution in [2.45, 2.75) is 46.1 Å². The molecule has 1 fully saturated rings. The zero-order chi connectivity index (χ0) is 13.7. The zero-order valence-electron chi connectivity index (χ0n) is 12.2. The lowest BCUT2D eigenvalue weighted by Crippen LogP contribution is -2.29. The van der Waals surface area contributed by atoms with Gasteiger partial charge in [0.1, 0.15) is 5.76 Å². The number of amides is 1. The number of nitrogens with one attached hydrogen (secondary N) is 2. The first-order chi connectivity index (χ1) is 9.16. The number of nitrogens with zero attached hydrogens (tertiary/aromatic N) is 1. The summed E-state index contributed by atoms with van der Waals surface area (Å²) in [7, 11) is 0. The third-order valence-corrected chi connectivity index (χ3v) is 3.88. The van der Waals surface area contributed by atoms with Gasteiger partial charge in [-0.3, -0.25) is 4.79 Å². The van der Waals surface area contributed by atoms with E-state index in [1.165, 1.54) is 12.8 Å². The van der Waals surface area contributed by atoms with Crippen molar-refractivity contribution in [3.05, 3.63) is 17.0 Å².